The Morgan fingerprint density at radius 2 is 2.15 bits per heavy atom. The summed E-state index contributed by atoms with van der Waals surface area (Å²) >= 11 is 14.4. The van der Waals surface area contributed by atoms with Crippen molar-refractivity contribution in [2.75, 3.05) is 19.7 Å². The molecule has 1 amide bonds. The minimum Gasteiger partial charge on any atom is -0.473 e. The molecule has 0 spiro atoms. The maximum absolute atomic E-state index is 14.3. The SMILES string of the molecule is CCc1onc(OCCCc2csc(C3=C(C(=O)N(Cc4cccc(Cl)c4Cl)C4CC4)[C@H]4CNCC(C3)N4)n2)c1F. The van der Waals surface area contributed by atoms with Gasteiger partial charge in [-0.1, -0.05) is 42.3 Å². The highest BCUT2D eigenvalue weighted by atomic mass is 35.5. The van der Waals surface area contributed by atoms with Gasteiger partial charge in [-0.05, 0) is 54.5 Å². The van der Waals surface area contributed by atoms with Crippen molar-refractivity contribution in [1.29, 1.82) is 0 Å². The Labute approximate surface area is 252 Å². The van der Waals surface area contributed by atoms with Gasteiger partial charge < -0.3 is 24.8 Å². The van der Waals surface area contributed by atoms with Gasteiger partial charge in [0.15, 0.2) is 5.76 Å². The minimum absolute atomic E-state index is 0.0319. The van der Waals surface area contributed by atoms with E-state index in [1.54, 1.807) is 24.3 Å². The second kappa shape index (κ2) is 12.4. The van der Waals surface area contributed by atoms with E-state index in [1.165, 1.54) is 0 Å². The summed E-state index contributed by atoms with van der Waals surface area (Å²) in [5.74, 6) is -0.398. The van der Waals surface area contributed by atoms with Gasteiger partial charge in [0, 0.05) is 49.1 Å². The fourth-order valence-corrected chi connectivity index (χ4v) is 6.82. The molecule has 0 radical (unpaired) electrons. The van der Waals surface area contributed by atoms with Crippen LogP contribution in [0.3, 0.4) is 0 Å². The fraction of sp³-hybridized carbons (Fsp3) is 0.483. The van der Waals surface area contributed by atoms with Crippen molar-refractivity contribution in [3.05, 3.63) is 67.0 Å². The van der Waals surface area contributed by atoms with Gasteiger partial charge in [0.2, 0.25) is 5.82 Å². The zero-order valence-corrected chi connectivity index (χ0v) is 25.0. The predicted octanol–water partition coefficient (Wildman–Crippen LogP) is 5.43. The van der Waals surface area contributed by atoms with Crippen molar-refractivity contribution in [2.45, 2.75) is 70.1 Å². The average molecular weight is 621 g/mol. The second-order valence-electron chi connectivity index (χ2n) is 10.7. The quantitative estimate of drug-likeness (QED) is 0.276. The third-order valence-corrected chi connectivity index (χ3v) is 9.58. The zero-order valence-electron chi connectivity index (χ0n) is 22.7. The van der Waals surface area contributed by atoms with Crippen LogP contribution in [0.25, 0.3) is 5.57 Å². The number of ether oxygens (including phenoxy) is 1. The summed E-state index contributed by atoms with van der Waals surface area (Å²) in [6, 6.07) is 5.90. The van der Waals surface area contributed by atoms with Gasteiger partial charge in [0.25, 0.3) is 11.8 Å². The van der Waals surface area contributed by atoms with Crippen molar-refractivity contribution in [3.63, 3.8) is 0 Å². The third kappa shape index (κ3) is 6.17. The summed E-state index contributed by atoms with van der Waals surface area (Å²) in [6.45, 7) is 4.05. The van der Waals surface area contributed by atoms with E-state index in [0.717, 1.165) is 53.2 Å². The number of piperazine rings is 1. The topological polar surface area (TPSA) is 92.5 Å². The molecule has 1 aromatic carbocycles. The first kappa shape index (κ1) is 28.6. The number of nitrogens with zero attached hydrogens (tertiary/aromatic N) is 3. The highest BCUT2D eigenvalue weighted by molar-refractivity contribution is 7.10. The predicted molar refractivity (Wildman–Crippen MR) is 157 cm³/mol. The summed E-state index contributed by atoms with van der Waals surface area (Å²) in [7, 11) is 0. The van der Waals surface area contributed by atoms with E-state index in [9.17, 15) is 9.18 Å². The van der Waals surface area contributed by atoms with E-state index in [4.69, 9.17) is 37.4 Å². The van der Waals surface area contributed by atoms with Crippen LogP contribution in [-0.2, 0) is 24.2 Å². The number of aryl methyl sites for hydroxylation is 2. The molecule has 2 fully saturated rings. The van der Waals surface area contributed by atoms with Gasteiger partial charge in [0.1, 0.15) is 5.01 Å². The summed E-state index contributed by atoms with van der Waals surface area (Å²) in [6.07, 6.45) is 4.42. The molecule has 1 aliphatic carbocycles. The smallest absolute Gasteiger partial charge is 0.291 e. The maximum atomic E-state index is 14.3. The van der Waals surface area contributed by atoms with Crippen molar-refractivity contribution < 1.29 is 18.4 Å². The molecule has 41 heavy (non-hydrogen) atoms. The lowest BCUT2D eigenvalue weighted by Gasteiger charge is -2.40. The molecule has 2 N–H and O–H groups in total. The zero-order chi connectivity index (χ0) is 28.5. The average Bonchev–Trinajstić information content (AvgIpc) is 3.59. The monoisotopic (exact) mass is 619 g/mol. The largest absolute Gasteiger partial charge is 0.473 e. The van der Waals surface area contributed by atoms with E-state index in [1.807, 2.05) is 22.4 Å². The first-order valence-corrected chi connectivity index (χ1v) is 15.7. The standard InChI is InChI=1S/C29H32Cl2FN5O3S/c1-2-23-26(32)27(36-40-23)39-10-4-6-17-15-41-28(35-17)20-11-18-12-33-13-22(34-18)24(20)29(38)37(19-8-9-19)14-16-5-3-7-21(30)25(16)31/h3,5,7,15,18-19,22,33-34H,2,4,6,8-14H2,1H3/t18?,22-/m1/s1. The molecule has 3 aromatic rings. The highest BCUT2D eigenvalue weighted by Crippen LogP contribution is 2.38. The number of aromatic nitrogens is 2. The highest BCUT2D eigenvalue weighted by Gasteiger charge is 2.41. The van der Waals surface area contributed by atoms with Crippen LogP contribution in [0.2, 0.25) is 10.0 Å². The summed E-state index contributed by atoms with van der Waals surface area (Å²) in [5.41, 5.74) is 3.59. The number of carbonyl (C=O) groups excluding carboxylic acids is 1. The van der Waals surface area contributed by atoms with Crippen LogP contribution in [0.1, 0.15) is 54.6 Å². The van der Waals surface area contributed by atoms with E-state index < -0.39 is 5.82 Å². The normalized spacial score (nSPS) is 20.4. The molecule has 3 aliphatic rings. The Bertz CT molecular complexity index is 1460. The molecular weight excluding hydrogens is 588 g/mol. The number of hydrogen-bond donors (Lipinski definition) is 2. The number of halogens is 3. The van der Waals surface area contributed by atoms with Crippen LogP contribution in [0.4, 0.5) is 4.39 Å². The van der Waals surface area contributed by atoms with Gasteiger partial charge in [-0.2, -0.15) is 4.39 Å². The Kier molecular flexibility index (Phi) is 8.65. The van der Waals surface area contributed by atoms with Gasteiger partial charge in [0.05, 0.1) is 28.4 Å². The maximum Gasteiger partial charge on any atom is 0.291 e. The lowest BCUT2D eigenvalue weighted by molar-refractivity contribution is -0.128. The number of fused-ring (bicyclic) bond motifs is 2. The van der Waals surface area contributed by atoms with Gasteiger partial charge in [-0.15, -0.1) is 11.3 Å². The van der Waals surface area contributed by atoms with E-state index in [2.05, 4.69) is 15.8 Å². The lowest BCUT2D eigenvalue weighted by atomic mass is 9.87. The van der Waals surface area contributed by atoms with Crippen LogP contribution in [0, 0.1) is 5.82 Å². The van der Waals surface area contributed by atoms with Crippen LogP contribution >= 0.6 is 34.5 Å². The Morgan fingerprint density at radius 1 is 1.29 bits per heavy atom. The molecule has 12 heteroatoms. The molecule has 4 heterocycles. The van der Waals surface area contributed by atoms with E-state index >= 15 is 0 Å². The number of nitrogens with one attached hydrogen (secondary N) is 2. The summed E-state index contributed by atoms with van der Waals surface area (Å²) in [4.78, 5) is 21.2. The van der Waals surface area contributed by atoms with Crippen molar-refractivity contribution in [1.82, 2.24) is 25.7 Å². The molecule has 1 saturated carbocycles. The third-order valence-electron chi connectivity index (χ3n) is 7.77. The Balaban J connectivity index is 1.21. The molecule has 1 saturated heterocycles. The second-order valence-corrected chi connectivity index (χ2v) is 12.4. The molecule has 218 valence electrons. The number of benzene rings is 1. The molecule has 2 aliphatic heterocycles. The molecule has 1 unspecified atom stereocenters. The van der Waals surface area contributed by atoms with Crippen LogP contribution in [0.15, 0.2) is 33.7 Å². The van der Waals surface area contributed by atoms with Crippen molar-refractivity contribution >= 4 is 46.0 Å². The number of carbonyl (C=O) groups is 1. The van der Waals surface area contributed by atoms with Gasteiger partial charge in [-0.25, -0.2) is 4.98 Å². The summed E-state index contributed by atoms with van der Waals surface area (Å²) in [5, 5.41) is 14.7. The molecule has 6 rings (SSSR count). The van der Waals surface area contributed by atoms with E-state index in [0.29, 0.717) is 49.0 Å². The molecular formula is C29H32Cl2FN5O3S. The van der Waals surface area contributed by atoms with Crippen LogP contribution in [-0.4, -0.2) is 58.8 Å². The van der Waals surface area contributed by atoms with Gasteiger partial charge in [-0.3, -0.25) is 4.79 Å². The van der Waals surface area contributed by atoms with Gasteiger partial charge >= 0.3 is 0 Å². The fourth-order valence-electron chi connectivity index (χ4n) is 5.52. The van der Waals surface area contributed by atoms with Crippen molar-refractivity contribution in [2.24, 2.45) is 0 Å². The minimum atomic E-state index is -0.531. The van der Waals surface area contributed by atoms with Crippen LogP contribution in [0.5, 0.6) is 5.88 Å². The summed E-state index contributed by atoms with van der Waals surface area (Å²) < 4.78 is 24.5. The molecule has 2 atom stereocenters. The first-order valence-electron chi connectivity index (χ1n) is 14.1. The lowest BCUT2D eigenvalue weighted by Crippen LogP contribution is -2.60. The van der Waals surface area contributed by atoms with Crippen LogP contribution < -0.4 is 15.4 Å². The van der Waals surface area contributed by atoms with Crippen molar-refractivity contribution in [3.8, 4) is 5.88 Å². The number of amides is 1. The Hall–Kier alpha value is -2.50. The molecule has 8 nitrogen and oxygen atoms in total. The first-order chi connectivity index (χ1) is 19.9. The number of rotatable bonds is 11. The Morgan fingerprint density at radius 3 is 2.93 bits per heavy atom. The number of thiazole rings is 1. The molecule has 2 aromatic heterocycles. The molecule has 2 bridgehead atoms. The van der Waals surface area contributed by atoms with E-state index in [-0.39, 0.29) is 35.7 Å². The number of hydrogen-bond acceptors (Lipinski definition) is 8.